The molecule has 0 saturated heterocycles. The first kappa shape index (κ1) is 12.9. The molecule has 0 fully saturated rings. The summed E-state index contributed by atoms with van der Waals surface area (Å²) in [5.74, 6) is 0.578. The lowest BCUT2D eigenvalue weighted by molar-refractivity contribution is 0.445. The topological polar surface area (TPSA) is 45.6 Å². The minimum atomic E-state index is 0.578. The molecule has 3 aromatic rings. The number of benzene rings is 1. The number of nitrogens with zero attached hydrogens (tertiary/aromatic N) is 2. The van der Waals surface area contributed by atoms with Crippen molar-refractivity contribution in [2.75, 3.05) is 6.54 Å². The van der Waals surface area contributed by atoms with Gasteiger partial charge in [0, 0.05) is 42.6 Å². The van der Waals surface area contributed by atoms with Crippen LogP contribution in [-0.2, 0) is 13.1 Å². The normalized spacial score (nSPS) is 12.8. The van der Waals surface area contributed by atoms with Gasteiger partial charge in [0.1, 0.15) is 0 Å². The molecule has 0 spiro atoms. The standard InChI is InChI=1S/C16H20N4/c1-13(11-20-8-7-17-12-20)9-18-10-14-3-2-4-16-15(14)5-6-19-16/h2-8,12-13,18-19H,9-11H2,1H3. The molecule has 104 valence electrons. The summed E-state index contributed by atoms with van der Waals surface area (Å²) in [7, 11) is 0. The van der Waals surface area contributed by atoms with E-state index < -0.39 is 0 Å². The fraction of sp³-hybridized carbons (Fsp3) is 0.312. The van der Waals surface area contributed by atoms with Gasteiger partial charge in [-0.05, 0) is 30.2 Å². The van der Waals surface area contributed by atoms with Gasteiger partial charge in [-0.25, -0.2) is 4.98 Å². The van der Waals surface area contributed by atoms with Crippen molar-refractivity contribution in [3.05, 3.63) is 54.7 Å². The van der Waals surface area contributed by atoms with E-state index in [2.05, 4.69) is 51.0 Å². The predicted molar refractivity (Wildman–Crippen MR) is 81.4 cm³/mol. The molecule has 1 aromatic carbocycles. The Kier molecular flexibility index (Phi) is 3.83. The maximum Gasteiger partial charge on any atom is 0.0946 e. The zero-order valence-electron chi connectivity index (χ0n) is 11.7. The van der Waals surface area contributed by atoms with E-state index in [0.717, 1.165) is 19.6 Å². The average molecular weight is 268 g/mol. The summed E-state index contributed by atoms with van der Waals surface area (Å²) in [6, 6.07) is 8.54. The number of aromatic nitrogens is 3. The highest BCUT2D eigenvalue weighted by Crippen LogP contribution is 2.17. The van der Waals surface area contributed by atoms with Crippen LogP contribution in [-0.4, -0.2) is 21.1 Å². The smallest absolute Gasteiger partial charge is 0.0946 e. The van der Waals surface area contributed by atoms with Crippen LogP contribution >= 0.6 is 0 Å². The summed E-state index contributed by atoms with van der Waals surface area (Å²) in [5.41, 5.74) is 2.55. The van der Waals surface area contributed by atoms with E-state index in [-0.39, 0.29) is 0 Å². The molecule has 1 atom stereocenters. The zero-order chi connectivity index (χ0) is 13.8. The highest BCUT2D eigenvalue weighted by atomic mass is 15.0. The Labute approximate surface area is 118 Å². The molecule has 0 aliphatic rings. The number of H-pyrrole nitrogens is 1. The SMILES string of the molecule is CC(CNCc1cccc2[nH]ccc12)Cn1ccnc1. The van der Waals surface area contributed by atoms with Crippen LogP contribution in [0.15, 0.2) is 49.2 Å². The summed E-state index contributed by atoms with van der Waals surface area (Å²) < 4.78 is 2.12. The van der Waals surface area contributed by atoms with Gasteiger partial charge in [-0.3, -0.25) is 0 Å². The van der Waals surface area contributed by atoms with E-state index in [1.807, 2.05) is 24.9 Å². The number of imidazole rings is 1. The van der Waals surface area contributed by atoms with Crippen LogP contribution in [0.1, 0.15) is 12.5 Å². The quantitative estimate of drug-likeness (QED) is 0.722. The fourth-order valence-electron chi connectivity index (χ4n) is 2.58. The summed E-state index contributed by atoms with van der Waals surface area (Å²) in [5, 5.41) is 4.86. The minimum absolute atomic E-state index is 0.578. The minimum Gasteiger partial charge on any atom is -0.361 e. The van der Waals surface area contributed by atoms with Crippen LogP contribution in [0.3, 0.4) is 0 Å². The number of hydrogen-bond donors (Lipinski definition) is 2. The first-order valence-electron chi connectivity index (χ1n) is 7.04. The van der Waals surface area contributed by atoms with Crippen LogP contribution in [0, 0.1) is 5.92 Å². The van der Waals surface area contributed by atoms with Crippen molar-refractivity contribution in [2.24, 2.45) is 5.92 Å². The first-order chi connectivity index (χ1) is 9.83. The second-order valence-electron chi connectivity index (χ2n) is 5.35. The Morgan fingerprint density at radius 2 is 2.30 bits per heavy atom. The van der Waals surface area contributed by atoms with E-state index in [1.54, 1.807) is 0 Å². The molecule has 0 aliphatic carbocycles. The monoisotopic (exact) mass is 268 g/mol. The van der Waals surface area contributed by atoms with Crippen molar-refractivity contribution in [2.45, 2.75) is 20.0 Å². The fourth-order valence-corrected chi connectivity index (χ4v) is 2.58. The van der Waals surface area contributed by atoms with Crippen molar-refractivity contribution in [1.82, 2.24) is 19.9 Å². The average Bonchev–Trinajstić information content (AvgIpc) is 3.09. The van der Waals surface area contributed by atoms with Crippen molar-refractivity contribution >= 4 is 10.9 Å². The van der Waals surface area contributed by atoms with Gasteiger partial charge in [-0.2, -0.15) is 0 Å². The second kappa shape index (κ2) is 5.92. The van der Waals surface area contributed by atoms with Gasteiger partial charge < -0.3 is 14.9 Å². The van der Waals surface area contributed by atoms with Crippen molar-refractivity contribution < 1.29 is 0 Å². The van der Waals surface area contributed by atoms with Gasteiger partial charge in [0.05, 0.1) is 6.33 Å². The van der Waals surface area contributed by atoms with E-state index in [9.17, 15) is 0 Å². The molecule has 0 radical (unpaired) electrons. The Hall–Kier alpha value is -2.07. The molecule has 0 saturated carbocycles. The number of aromatic amines is 1. The summed E-state index contributed by atoms with van der Waals surface area (Å²) >= 11 is 0. The maximum atomic E-state index is 4.07. The van der Waals surface area contributed by atoms with Crippen molar-refractivity contribution in [3.8, 4) is 0 Å². The van der Waals surface area contributed by atoms with Gasteiger partial charge in [0.25, 0.3) is 0 Å². The first-order valence-corrected chi connectivity index (χ1v) is 7.04. The molecule has 3 rings (SSSR count). The van der Waals surface area contributed by atoms with E-state index in [4.69, 9.17) is 0 Å². The van der Waals surface area contributed by atoms with Crippen molar-refractivity contribution in [3.63, 3.8) is 0 Å². The van der Waals surface area contributed by atoms with Gasteiger partial charge in [0.2, 0.25) is 0 Å². The summed E-state index contributed by atoms with van der Waals surface area (Å²) in [6.45, 7) is 5.16. The molecular formula is C16H20N4. The molecule has 2 heterocycles. The third-order valence-electron chi connectivity index (χ3n) is 3.58. The van der Waals surface area contributed by atoms with Crippen LogP contribution in [0.2, 0.25) is 0 Å². The number of fused-ring (bicyclic) bond motifs is 1. The van der Waals surface area contributed by atoms with Crippen LogP contribution < -0.4 is 5.32 Å². The predicted octanol–water partition coefficient (Wildman–Crippen LogP) is 2.79. The maximum absolute atomic E-state index is 4.07. The van der Waals surface area contributed by atoms with Crippen molar-refractivity contribution in [1.29, 1.82) is 0 Å². The van der Waals surface area contributed by atoms with Crippen LogP contribution in [0.25, 0.3) is 10.9 Å². The van der Waals surface area contributed by atoms with Crippen LogP contribution in [0.5, 0.6) is 0 Å². The van der Waals surface area contributed by atoms with E-state index >= 15 is 0 Å². The molecule has 2 N–H and O–H groups in total. The third kappa shape index (κ3) is 2.91. The molecular weight excluding hydrogens is 248 g/mol. The van der Waals surface area contributed by atoms with Gasteiger partial charge in [0.15, 0.2) is 0 Å². The molecule has 0 bridgehead atoms. The Bertz CT molecular complexity index is 654. The van der Waals surface area contributed by atoms with E-state index in [1.165, 1.54) is 16.5 Å². The molecule has 20 heavy (non-hydrogen) atoms. The zero-order valence-corrected chi connectivity index (χ0v) is 11.7. The highest BCUT2D eigenvalue weighted by molar-refractivity contribution is 5.82. The molecule has 4 nitrogen and oxygen atoms in total. The highest BCUT2D eigenvalue weighted by Gasteiger charge is 2.04. The second-order valence-corrected chi connectivity index (χ2v) is 5.35. The third-order valence-corrected chi connectivity index (χ3v) is 3.58. The van der Waals surface area contributed by atoms with E-state index in [0.29, 0.717) is 5.92 Å². The lowest BCUT2D eigenvalue weighted by Crippen LogP contribution is -2.23. The summed E-state index contributed by atoms with van der Waals surface area (Å²) in [6.07, 6.45) is 7.71. The summed E-state index contributed by atoms with van der Waals surface area (Å²) in [4.78, 5) is 7.32. The Morgan fingerprint density at radius 3 is 3.15 bits per heavy atom. The number of hydrogen-bond acceptors (Lipinski definition) is 2. The van der Waals surface area contributed by atoms with Gasteiger partial charge >= 0.3 is 0 Å². The number of nitrogens with one attached hydrogen (secondary N) is 2. The van der Waals surface area contributed by atoms with Gasteiger partial charge in [-0.15, -0.1) is 0 Å². The molecule has 1 unspecified atom stereocenters. The molecule has 2 aromatic heterocycles. The molecule has 0 amide bonds. The largest absolute Gasteiger partial charge is 0.361 e. The Morgan fingerprint density at radius 1 is 1.35 bits per heavy atom. The molecule has 0 aliphatic heterocycles. The molecule has 4 heteroatoms. The van der Waals surface area contributed by atoms with Gasteiger partial charge in [-0.1, -0.05) is 19.1 Å². The lowest BCUT2D eigenvalue weighted by atomic mass is 10.1. The lowest BCUT2D eigenvalue weighted by Gasteiger charge is -2.13. The van der Waals surface area contributed by atoms with Crippen LogP contribution in [0.4, 0.5) is 0 Å². The Balaban J connectivity index is 1.53. The number of rotatable bonds is 6.